The Kier molecular flexibility index (Phi) is 6.08. The van der Waals surface area contributed by atoms with Crippen molar-refractivity contribution in [2.75, 3.05) is 15.1 Å². The number of anilines is 3. The number of halogens is 1. The number of rotatable bonds is 1. The smallest absolute Gasteiger partial charge is 0.263 e. The average Bonchev–Trinajstić information content (AvgIpc) is 2.82. The zero-order valence-electron chi connectivity index (χ0n) is 15.9. The van der Waals surface area contributed by atoms with Gasteiger partial charge in [-0.25, -0.2) is 0 Å². The maximum Gasteiger partial charge on any atom is 0.263 e. The summed E-state index contributed by atoms with van der Waals surface area (Å²) in [5.41, 5.74) is 4.35. The highest BCUT2D eigenvalue weighted by molar-refractivity contribution is 14.1. The zero-order valence-corrected chi connectivity index (χ0v) is 18.0. The topological polar surface area (TPSA) is 62.3 Å². The number of nitrogens with zero attached hydrogens (tertiary/aromatic N) is 2. The molecule has 0 saturated carbocycles. The van der Waals surface area contributed by atoms with Gasteiger partial charge >= 0.3 is 0 Å². The second kappa shape index (κ2) is 8.52. The van der Waals surface area contributed by atoms with Crippen LogP contribution in [0.2, 0.25) is 0 Å². The number of hydrogen-bond donors (Lipinski definition) is 1. The summed E-state index contributed by atoms with van der Waals surface area (Å²) < 4.78 is 0. The van der Waals surface area contributed by atoms with Gasteiger partial charge in [0.1, 0.15) is 0 Å². The summed E-state index contributed by atoms with van der Waals surface area (Å²) in [6.07, 6.45) is 0. The monoisotopic (exact) mass is 485 g/mol. The number of fused-ring (bicyclic) bond motifs is 2. The molecule has 1 N–H and O–H groups in total. The highest BCUT2D eigenvalue weighted by Crippen LogP contribution is 2.38. The van der Waals surface area contributed by atoms with Crippen molar-refractivity contribution in [3.8, 4) is 0 Å². The summed E-state index contributed by atoms with van der Waals surface area (Å²) in [6.45, 7) is 3.72. The Morgan fingerprint density at radius 2 is 1.50 bits per heavy atom. The van der Waals surface area contributed by atoms with Crippen molar-refractivity contribution >= 4 is 51.5 Å². The normalized spacial score (nSPS) is 12.0. The third kappa shape index (κ3) is 3.77. The number of carbonyl (C=O) groups is 2. The Labute approximate surface area is 177 Å². The van der Waals surface area contributed by atoms with Gasteiger partial charge in [-0.05, 0) is 55.2 Å². The number of alkyl halides is 1. The highest BCUT2D eigenvalue weighted by Gasteiger charge is 2.29. The molecule has 1 aromatic heterocycles. The Morgan fingerprint density at radius 3 is 2.18 bits per heavy atom. The zero-order chi connectivity index (χ0) is 20.3. The lowest BCUT2D eigenvalue weighted by molar-refractivity contribution is 0.0999. The minimum atomic E-state index is -0.231. The number of pyridine rings is 1. The van der Waals surface area contributed by atoms with Crippen LogP contribution in [0.25, 0.3) is 0 Å². The third-order valence-electron chi connectivity index (χ3n) is 4.31. The van der Waals surface area contributed by atoms with Gasteiger partial charge < -0.3 is 5.32 Å². The Bertz CT molecular complexity index is 1030. The summed E-state index contributed by atoms with van der Waals surface area (Å²) in [4.78, 5) is 34.0. The fourth-order valence-corrected chi connectivity index (χ4v) is 3.26. The van der Waals surface area contributed by atoms with Crippen LogP contribution >= 0.6 is 22.6 Å². The van der Waals surface area contributed by atoms with Gasteiger partial charge in [-0.2, -0.15) is 0 Å². The number of amides is 2. The Hall–Kier alpha value is -2.74. The van der Waals surface area contributed by atoms with E-state index in [0.29, 0.717) is 28.2 Å². The first kappa shape index (κ1) is 20.0. The van der Waals surface area contributed by atoms with Crippen LogP contribution < -0.4 is 10.2 Å². The summed E-state index contributed by atoms with van der Waals surface area (Å²) >= 11 is 2.15. The van der Waals surface area contributed by atoms with E-state index < -0.39 is 0 Å². The number of para-hydroxylation sites is 3. The first-order valence-corrected chi connectivity index (χ1v) is 10.9. The number of benzene rings is 2. The molecule has 1 aliphatic heterocycles. The minimum absolute atomic E-state index is 0.199. The first-order valence-electron chi connectivity index (χ1n) is 8.71. The number of aromatic nitrogens is 1. The average molecular weight is 485 g/mol. The van der Waals surface area contributed by atoms with Gasteiger partial charge in [-0.1, -0.05) is 46.9 Å². The molecule has 2 heterocycles. The highest BCUT2D eigenvalue weighted by atomic mass is 127. The molecule has 5 nitrogen and oxygen atoms in total. The standard InChI is InChI=1S/C21H17N3O2.CH3I/c1-13-11-15(12-14(2)22-13)21(26)24-18-9-5-3-7-16(18)20(25)23-17-8-4-6-10-19(17)24;1-2/h3-12H,1-2H3,(H,23,25);1H3. The van der Waals surface area contributed by atoms with Crippen molar-refractivity contribution in [2.45, 2.75) is 13.8 Å². The molecule has 3 aromatic rings. The van der Waals surface area contributed by atoms with Crippen molar-refractivity contribution in [1.82, 2.24) is 4.98 Å². The Morgan fingerprint density at radius 1 is 0.929 bits per heavy atom. The fourth-order valence-electron chi connectivity index (χ4n) is 3.26. The number of aryl methyl sites for hydroxylation is 2. The molecule has 28 heavy (non-hydrogen) atoms. The first-order chi connectivity index (χ1) is 13.5. The quantitative estimate of drug-likeness (QED) is 0.376. The van der Waals surface area contributed by atoms with Crippen molar-refractivity contribution in [3.05, 3.63) is 83.2 Å². The van der Waals surface area contributed by atoms with Crippen LogP contribution in [0, 0.1) is 13.8 Å². The van der Waals surface area contributed by atoms with Crippen LogP contribution in [0.5, 0.6) is 0 Å². The number of hydrogen-bond acceptors (Lipinski definition) is 3. The van der Waals surface area contributed by atoms with Gasteiger partial charge in [0.15, 0.2) is 0 Å². The molecule has 0 aliphatic carbocycles. The predicted molar refractivity (Wildman–Crippen MR) is 121 cm³/mol. The van der Waals surface area contributed by atoms with Gasteiger partial charge in [0, 0.05) is 17.0 Å². The van der Waals surface area contributed by atoms with Crippen LogP contribution in [-0.4, -0.2) is 21.7 Å². The molecule has 1 aliphatic rings. The van der Waals surface area contributed by atoms with Gasteiger partial charge in [0.05, 0.1) is 22.6 Å². The molecule has 0 bridgehead atoms. The predicted octanol–water partition coefficient (Wildman–Crippen LogP) is 5.29. The molecule has 0 spiro atoms. The molecule has 0 radical (unpaired) electrons. The van der Waals surface area contributed by atoms with Gasteiger partial charge in [-0.15, -0.1) is 0 Å². The molecule has 2 aromatic carbocycles. The third-order valence-corrected chi connectivity index (χ3v) is 4.31. The van der Waals surface area contributed by atoms with Crippen LogP contribution in [-0.2, 0) is 0 Å². The Balaban J connectivity index is 0.00000109. The van der Waals surface area contributed by atoms with E-state index >= 15 is 0 Å². The molecule has 0 saturated heterocycles. The molecule has 0 fully saturated rings. The maximum atomic E-state index is 13.4. The molecule has 0 unspecified atom stereocenters. The summed E-state index contributed by atoms with van der Waals surface area (Å²) in [7, 11) is 0. The van der Waals surface area contributed by atoms with Gasteiger partial charge in [0.25, 0.3) is 11.8 Å². The number of carbonyl (C=O) groups excluding carboxylic acids is 2. The maximum absolute atomic E-state index is 13.4. The minimum Gasteiger partial charge on any atom is -0.320 e. The summed E-state index contributed by atoms with van der Waals surface area (Å²) in [5, 5.41) is 2.89. The van der Waals surface area contributed by atoms with E-state index in [4.69, 9.17) is 0 Å². The number of nitrogens with one attached hydrogen (secondary N) is 1. The lowest BCUT2D eigenvalue weighted by atomic mass is 10.1. The van der Waals surface area contributed by atoms with Crippen LogP contribution in [0.1, 0.15) is 32.1 Å². The SMILES string of the molecule is CI.Cc1cc(C(=O)N2c3ccccc3NC(=O)c3ccccc32)cc(C)n1. The molecule has 4 rings (SSSR count). The van der Waals surface area contributed by atoms with E-state index in [1.54, 1.807) is 41.3 Å². The molecule has 0 atom stereocenters. The van der Waals surface area contributed by atoms with Gasteiger partial charge in [0.2, 0.25) is 0 Å². The van der Waals surface area contributed by atoms with Crippen LogP contribution in [0.15, 0.2) is 60.7 Å². The van der Waals surface area contributed by atoms with Crippen molar-refractivity contribution < 1.29 is 9.59 Å². The lowest BCUT2D eigenvalue weighted by Gasteiger charge is -2.24. The van der Waals surface area contributed by atoms with Crippen molar-refractivity contribution in [3.63, 3.8) is 0 Å². The largest absolute Gasteiger partial charge is 0.320 e. The second-order valence-electron chi connectivity index (χ2n) is 6.27. The molecular formula is C22H20IN3O2. The fraction of sp³-hybridized carbons (Fsp3) is 0.136. The molecular weight excluding hydrogens is 465 g/mol. The van der Waals surface area contributed by atoms with E-state index in [-0.39, 0.29) is 11.8 Å². The van der Waals surface area contributed by atoms with Crippen LogP contribution in [0.3, 0.4) is 0 Å². The lowest BCUT2D eigenvalue weighted by Crippen LogP contribution is -2.27. The van der Waals surface area contributed by atoms with Crippen LogP contribution in [0.4, 0.5) is 17.1 Å². The van der Waals surface area contributed by atoms with E-state index in [1.165, 1.54) is 0 Å². The summed E-state index contributed by atoms with van der Waals surface area (Å²) in [6, 6.07) is 18.0. The van der Waals surface area contributed by atoms with Crippen molar-refractivity contribution in [2.24, 2.45) is 0 Å². The molecule has 2 amide bonds. The molecule has 6 heteroatoms. The van der Waals surface area contributed by atoms with E-state index in [2.05, 4.69) is 32.9 Å². The van der Waals surface area contributed by atoms with E-state index in [0.717, 1.165) is 11.4 Å². The van der Waals surface area contributed by atoms with E-state index in [1.807, 2.05) is 43.0 Å². The molecule has 142 valence electrons. The van der Waals surface area contributed by atoms with Crippen molar-refractivity contribution in [1.29, 1.82) is 0 Å². The summed E-state index contributed by atoms with van der Waals surface area (Å²) in [5.74, 6) is -0.430. The second-order valence-corrected chi connectivity index (χ2v) is 6.27. The van der Waals surface area contributed by atoms with Gasteiger partial charge in [-0.3, -0.25) is 19.5 Å². The van der Waals surface area contributed by atoms with E-state index in [9.17, 15) is 9.59 Å².